The largest absolute Gasteiger partial charge is 0.478 e. The van der Waals surface area contributed by atoms with Crippen molar-refractivity contribution in [2.75, 3.05) is 26.2 Å². The summed E-state index contributed by atoms with van der Waals surface area (Å²) in [4.78, 5) is 30.8. The molecule has 4 rings (SSSR count). The van der Waals surface area contributed by atoms with Gasteiger partial charge in [-0.25, -0.2) is 0 Å². The van der Waals surface area contributed by atoms with Gasteiger partial charge in [-0.15, -0.1) is 11.3 Å². The van der Waals surface area contributed by atoms with E-state index in [-0.39, 0.29) is 17.7 Å². The van der Waals surface area contributed by atoms with E-state index >= 15 is 0 Å². The second kappa shape index (κ2) is 8.00. The highest BCUT2D eigenvalue weighted by molar-refractivity contribution is 7.10. The van der Waals surface area contributed by atoms with Crippen molar-refractivity contribution in [3.8, 4) is 5.75 Å². The third-order valence-corrected chi connectivity index (χ3v) is 6.85. The number of carbonyl (C=O) groups excluding carboxylic acids is 2. The first-order chi connectivity index (χ1) is 13.8. The monoisotopic (exact) mass is 432 g/mol. The van der Waals surface area contributed by atoms with E-state index in [0.717, 1.165) is 6.42 Å². The van der Waals surface area contributed by atoms with Gasteiger partial charge in [0.15, 0.2) is 5.60 Å². The molecule has 1 aliphatic carbocycles. The zero-order valence-electron chi connectivity index (χ0n) is 16.6. The summed E-state index contributed by atoms with van der Waals surface area (Å²) in [6.07, 6.45) is 0.945. The number of ether oxygens (including phenoxy) is 1. The second-order valence-electron chi connectivity index (χ2n) is 8.15. The van der Waals surface area contributed by atoms with Gasteiger partial charge in [-0.1, -0.05) is 17.7 Å². The summed E-state index contributed by atoms with van der Waals surface area (Å²) >= 11 is 7.63. The fourth-order valence-corrected chi connectivity index (χ4v) is 4.90. The molecule has 1 aliphatic heterocycles. The molecule has 1 aromatic heterocycles. The highest BCUT2D eigenvalue weighted by Crippen LogP contribution is 2.50. The number of amides is 2. The summed E-state index contributed by atoms with van der Waals surface area (Å²) in [6.45, 7) is 5.78. The number of hydrogen-bond donors (Lipinski definition) is 0. The molecule has 2 aromatic rings. The van der Waals surface area contributed by atoms with Crippen LogP contribution in [-0.4, -0.2) is 53.4 Å². The third kappa shape index (κ3) is 4.43. The van der Waals surface area contributed by atoms with Crippen LogP contribution in [-0.2, 0) is 9.59 Å². The van der Waals surface area contributed by atoms with Crippen LogP contribution in [0.25, 0.3) is 0 Å². The fraction of sp³-hybridized carbons (Fsp3) is 0.455. The van der Waals surface area contributed by atoms with Crippen molar-refractivity contribution in [2.24, 2.45) is 5.92 Å². The van der Waals surface area contributed by atoms with Crippen LogP contribution in [0.3, 0.4) is 0 Å². The van der Waals surface area contributed by atoms with Gasteiger partial charge in [-0.3, -0.25) is 9.59 Å². The molecule has 1 aromatic carbocycles. The lowest BCUT2D eigenvalue weighted by atomic mass is 10.1. The van der Waals surface area contributed by atoms with Crippen LogP contribution in [0.15, 0.2) is 41.8 Å². The maximum absolute atomic E-state index is 13.0. The van der Waals surface area contributed by atoms with E-state index in [0.29, 0.717) is 42.9 Å². The maximum atomic E-state index is 13.0. The van der Waals surface area contributed by atoms with E-state index in [2.05, 4.69) is 11.4 Å². The molecule has 7 heteroatoms. The average molecular weight is 433 g/mol. The predicted molar refractivity (Wildman–Crippen MR) is 114 cm³/mol. The molecule has 154 valence electrons. The van der Waals surface area contributed by atoms with Crippen LogP contribution in [0.2, 0.25) is 5.02 Å². The van der Waals surface area contributed by atoms with Gasteiger partial charge in [0.2, 0.25) is 5.91 Å². The molecule has 0 N–H and O–H groups in total. The number of thiophene rings is 1. The quantitative estimate of drug-likeness (QED) is 0.716. The Hall–Kier alpha value is -2.05. The van der Waals surface area contributed by atoms with Crippen LogP contribution in [0.4, 0.5) is 0 Å². The first kappa shape index (κ1) is 20.2. The number of benzene rings is 1. The number of halogens is 1. The highest BCUT2D eigenvalue weighted by atomic mass is 35.5. The van der Waals surface area contributed by atoms with Crippen molar-refractivity contribution in [1.82, 2.24) is 9.80 Å². The second-order valence-corrected chi connectivity index (χ2v) is 9.56. The number of nitrogens with zero attached hydrogens (tertiary/aromatic N) is 2. The molecular weight excluding hydrogens is 408 g/mol. The number of carbonyl (C=O) groups is 2. The van der Waals surface area contributed by atoms with Crippen LogP contribution in [0, 0.1) is 5.92 Å². The minimum atomic E-state index is -0.985. The predicted octanol–water partition coefficient (Wildman–Crippen LogP) is 4.03. The standard InChI is InChI=1S/C22H25ClN2O3S/c1-22(2,28-16-7-5-15(23)6-8-16)21(27)25-11-9-24(10-12-25)20(26)18-14-17(18)19-4-3-13-29-19/h3-8,13,17-18H,9-12,14H2,1-2H3/t17-,18+/m0/s1. The summed E-state index contributed by atoms with van der Waals surface area (Å²) in [5.74, 6) is 1.26. The Labute approximate surface area is 180 Å². The Kier molecular flexibility index (Phi) is 5.58. The summed E-state index contributed by atoms with van der Waals surface area (Å²) < 4.78 is 5.92. The molecule has 5 nitrogen and oxygen atoms in total. The Bertz CT molecular complexity index is 874. The molecule has 0 unspecified atom stereocenters. The summed E-state index contributed by atoms with van der Waals surface area (Å²) in [7, 11) is 0. The van der Waals surface area contributed by atoms with Crippen molar-refractivity contribution >= 4 is 34.8 Å². The third-order valence-electron chi connectivity index (χ3n) is 5.60. The van der Waals surface area contributed by atoms with Crippen LogP contribution in [0.5, 0.6) is 5.75 Å². The SMILES string of the molecule is CC(C)(Oc1ccc(Cl)cc1)C(=O)N1CCN(C(=O)[C@@H]2C[C@@H]2c2cccs2)CC1. The molecule has 1 saturated heterocycles. The van der Waals surface area contributed by atoms with Gasteiger partial charge in [-0.05, 0) is 56.0 Å². The molecule has 2 heterocycles. The van der Waals surface area contributed by atoms with Crippen molar-refractivity contribution in [3.63, 3.8) is 0 Å². The minimum absolute atomic E-state index is 0.0672. The van der Waals surface area contributed by atoms with E-state index in [9.17, 15) is 9.59 Å². The highest BCUT2D eigenvalue weighted by Gasteiger charge is 2.47. The van der Waals surface area contributed by atoms with Gasteiger partial charge in [0.1, 0.15) is 5.75 Å². The van der Waals surface area contributed by atoms with Gasteiger partial charge >= 0.3 is 0 Å². The molecule has 1 saturated carbocycles. The average Bonchev–Trinajstić information content (AvgIpc) is 3.33. The Morgan fingerprint density at radius 3 is 2.34 bits per heavy atom. The lowest BCUT2D eigenvalue weighted by Gasteiger charge is -2.38. The summed E-state index contributed by atoms with van der Waals surface area (Å²) in [6, 6.07) is 11.1. The van der Waals surface area contributed by atoms with Gasteiger partial charge in [0.05, 0.1) is 0 Å². The first-order valence-corrected chi connectivity index (χ1v) is 11.2. The van der Waals surface area contributed by atoms with Crippen LogP contribution in [0.1, 0.15) is 31.1 Å². The number of hydrogen-bond acceptors (Lipinski definition) is 4. The van der Waals surface area contributed by atoms with Crippen LogP contribution >= 0.6 is 22.9 Å². The van der Waals surface area contributed by atoms with Crippen molar-refractivity contribution in [1.29, 1.82) is 0 Å². The molecule has 0 bridgehead atoms. The lowest BCUT2D eigenvalue weighted by molar-refractivity contribution is -0.150. The molecule has 2 amide bonds. The summed E-state index contributed by atoms with van der Waals surface area (Å²) in [5, 5.41) is 2.69. The van der Waals surface area contributed by atoms with E-state index in [1.807, 2.05) is 11.0 Å². The molecular formula is C22H25ClN2O3S. The Morgan fingerprint density at radius 1 is 1.07 bits per heavy atom. The molecule has 2 atom stereocenters. The normalized spacial score (nSPS) is 21.8. The fourth-order valence-electron chi connectivity index (χ4n) is 3.87. The van der Waals surface area contributed by atoms with E-state index < -0.39 is 5.60 Å². The topological polar surface area (TPSA) is 49.9 Å². The van der Waals surface area contributed by atoms with Crippen molar-refractivity contribution in [2.45, 2.75) is 31.8 Å². The molecule has 0 spiro atoms. The zero-order valence-corrected chi connectivity index (χ0v) is 18.2. The smallest absolute Gasteiger partial charge is 0.266 e. The van der Waals surface area contributed by atoms with Crippen molar-refractivity contribution < 1.29 is 14.3 Å². The Balaban J connectivity index is 1.30. The van der Waals surface area contributed by atoms with Gasteiger partial charge in [-0.2, -0.15) is 0 Å². The lowest BCUT2D eigenvalue weighted by Crippen LogP contribution is -2.56. The maximum Gasteiger partial charge on any atom is 0.266 e. The van der Waals surface area contributed by atoms with Gasteiger partial charge in [0, 0.05) is 47.9 Å². The molecule has 29 heavy (non-hydrogen) atoms. The zero-order chi connectivity index (χ0) is 20.6. The molecule has 0 radical (unpaired) electrons. The number of piperazine rings is 1. The van der Waals surface area contributed by atoms with Crippen LogP contribution < -0.4 is 4.74 Å². The minimum Gasteiger partial charge on any atom is -0.478 e. The van der Waals surface area contributed by atoms with E-state index in [4.69, 9.17) is 16.3 Å². The van der Waals surface area contributed by atoms with Gasteiger partial charge in [0.25, 0.3) is 5.91 Å². The first-order valence-electron chi connectivity index (χ1n) is 9.91. The van der Waals surface area contributed by atoms with Gasteiger partial charge < -0.3 is 14.5 Å². The number of rotatable bonds is 5. The molecule has 2 fully saturated rings. The molecule has 2 aliphatic rings. The Morgan fingerprint density at radius 2 is 1.72 bits per heavy atom. The summed E-state index contributed by atoms with van der Waals surface area (Å²) in [5.41, 5.74) is -0.985. The van der Waals surface area contributed by atoms with Crippen molar-refractivity contribution in [3.05, 3.63) is 51.7 Å². The van der Waals surface area contributed by atoms with E-state index in [1.165, 1.54) is 4.88 Å². The van der Waals surface area contributed by atoms with E-state index in [1.54, 1.807) is 54.3 Å².